The fraction of sp³-hybridized carbons (Fsp3) is 1.00. The first-order valence-corrected chi connectivity index (χ1v) is 8.86. The van der Waals surface area contributed by atoms with Crippen molar-refractivity contribution in [1.82, 2.24) is 0 Å². The molecule has 1 fully saturated rings. The maximum atomic E-state index is 11.6. The van der Waals surface area contributed by atoms with E-state index in [1.54, 1.807) is 14.8 Å². The zero-order valence-electron chi connectivity index (χ0n) is 10.3. The molecule has 104 valence electrons. The van der Waals surface area contributed by atoms with Crippen LogP contribution >= 0.6 is 15.3 Å². The van der Waals surface area contributed by atoms with E-state index in [0.717, 1.165) is 7.57 Å². The van der Waals surface area contributed by atoms with E-state index in [-0.39, 0.29) is 18.5 Å². The molecule has 5 atom stereocenters. The lowest BCUT2D eigenvalue weighted by Gasteiger charge is -2.19. The zero-order chi connectivity index (χ0) is 14.1. The molecule has 1 saturated heterocycles. The smallest absolute Gasteiger partial charge is 0.390 e. The molecule has 0 aromatic heterocycles. The second-order valence-corrected chi connectivity index (χ2v) is 7.80. The number of rotatable bonds is 5. The summed E-state index contributed by atoms with van der Waals surface area (Å²) < 4.78 is 36.3. The van der Waals surface area contributed by atoms with Crippen LogP contribution in [0.15, 0.2) is 0 Å². The third-order valence-electron chi connectivity index (χ3n) is 2.78. The molecule has 3 N–H and O–H groups in total. The third-order valence-corrected chi connectivity index (χ3v) is 5.43. The Morgan fingerprint density at radius 1 is 1.39 bits per heavy atom. The summed E-state index contributed by atoms with van der Waals surface area (Å²) in [6, 6.07) is -0.174. The minimum absolute atomic E-state index is 0.0995. The number of ether oxygens (including phenoxy) is 1. The Bertz CT molecular complexity index is 386. The van der Waals surface area contributed by atoms with Crippen molar-refractivity contribution in [3.8, 4) is 0 Å². The van der Waals surface area contributed by atoms with Gasteiger partial charge in [0.25, 0.3) is 15.0 Å². The van der Waals surface area contributed by atoms with E-state index in [1.165, 1.54) is 0 Å². The maximum absolute atomic E-state index is 11.6. The maximum Gasteiger partial charge on any atom is 0.476 e. The molecule has 0 aromatic carbocycles. The summed E-state index contributed by atoms with van der Waals surface area (Å²) in [5.74, 6) is -0.0995. The summed E-state index contributed by atoms with van der Waals surface area (Å²) in [6.45, 7) is 1.54. The predicted octanol–water partition coefficient (Wildman–Crippen LogP) is -1.79. The Balaban J connectivity index is 2.51. The fourth-order valence-corrected chi connectivity index (χ4v) is 3.81. The van der Waals surface area contributed by atoms with Gasteiger partial charge in [-0.25, -0.2) is 8.88 Å². The summed E-state index contributed by atoms with van der Waals surface area (Å²) >= 11 is 0. The van der Waals surface area contributed by atoms with Gasteiger partial charge in [-0.15, -0.1) is 0 Å². The van der Waals surface area contributed by atoms with Gasteiger partial charge < -0.3 is 24.2 Å². The number of phosphoric acid groups is 1. The Hall–Kier alpha value is 0.350. The Labute approximate surface area is 107 Å². The van der Waals surface area contributed by atoms with Crippen molar-refractivity contribution in [2.75, 3.05) is 6.61 Å². The standard InChI is InChI=1S/C6H16B2O8P2/c1-3-5(9)4(15-6(3)7)2-14-17(8,10)16-18(11,12)13/h3-6,9H,2,7-8H2,1H3,(H2,11,12,13)/t3?,4-,5+,6-,17?/m1/s1. The molecule has 0 bridgehead atoms. The number of hydrogen-bond acceptors (Lipinski definition) is 6. The molecule has 0 aromatic rings. The van der Waals surface area contributed by atoms with E-state index in [2.05, 4.69) is 4.31 Å². The van der Waals surface area contributed by atoms with Gasteiger partial charge in [0.15, 0.2) is 0 Å². The van der Waals surface area contributed by atoms with Crippen LogP contribution in [0, 0.1) is 5.92 Å². The van der Waals surface area contributed by atoms with Gasteiger partial charge in [-0.3, -0.25) is 4.57 Å². The molecule has 1 rings (SSSR count). The van der Waals surface area contributed by atoms with E-state index >= 15 is 0 Å². The van der Waals surface area contributed by atoms with Gasteiger partial charge in [0.2, 0.25) is 0 Å². The van der Waals surface area contributed by atoms with Gasteiger partial charge in [0.05, 0.1) is 12.7 Å². The number of aliphatic hydroxyl groups excluding tert-OH is 1. The Kier molecular flexibility index (Phi) is 5.26. The Morgan fingerprint density at radius 2 is 1.94 bits per heavy atom. The van der Waals surface area contributed by atoms with Crippen molar-refractivity contribution in [3.05, 3.63) is 0 Å². The van der Waals surface area contributed by atoms with Gasteiger partial charge in [0, 0.05) is 11.9 Å². The lowest BCUT2D eigenvalue weighted by Crippen LogP contribution is -2.29. The average molecular weight is 300 g/mol. The van der Waals surface area contributed by atoms with Crippen LogP contribution in [0.5, 0.6) is 0 Å². The second kappa shape index (κ2) is 5.77. The van der Waals surface area contributed by atoms with Crippen LogP contribution in [0.3, 0.4) is 0 Å². The van der Waals surface area contributed by atoms with E-state index in [4.69, 9.17) is 19.0 Å². The quantitative estimate of drug-likeness (QED) is 0.402. The van der Waals surface area contributed by atoms with E-state index < -0.39 is 27.5 Å². The van der Waals surface area contributed by atoms with E-state index in [1.807, 2.05) is 0 Å². The van der Waals surface area contributed by atoms with Gasteiger partial charge in [0.1, 0.15) is 14.0 Å². The molecule has 1 heterocycles. The van der Waals surface area contributed by atoms with Gasteiger partial charge >= 0.3 is 7.82 Å². The minimum atomic E-state index is -4.88. The average Bonchev–Trinajstić information content (AvgIpc) is 2.39. The Morgan fingerprint density at radius 3 is 2.33 bits per heavy atom. The van der Waals surface area contributed by atoms with Crippen molar-refractivity contribution in [1.29, 1.82) is 0 Å². The largest absolute Gasteiger partial charge is 0.476 e. The molecular formula is C6H16B2O8P2. The van der Waals surface area contributed by atoms with E-state index in [9.17, 15) is 14.2 Å². The highest BCUT2D eigenvalue weighted by Crippen LogP contribution is 2.57. The molecule has 12 heteroatoms. The summed E-state index contributed by atoms with van der Waals surface area (Å²) in [7, 11) is -6.04. The van der Waals surface area contributed by atoms with Crippen molar-refractivity contribution < 1.29 is 37.6 Å². The van der Waals surface area contributed by atoms with Crippen LogP contribution in [0.4, 0.5) is 0 Å². The second-order valence-electron chi connectivity index (χ2n) is 4.37. The van der Waals surface area contributed by atoms with Crippen LogP contribution in [-0.4, -0.2) is 55.1 Å². The van der Waals surface area contributed by atoms with Crippen LogP contribution in [-0.2, 0) is 22.7 Å². The van der Waals surface area contributed by atoms with Crippen LogP contribution < -0.4 is 0 Å². The highest BCUT2D eigenvalue weighted by atomic mass is 31.3. The van der Waals surface area contributed by atoms with Crippen LogP contribution in [0.2, 0.25) is 0 Å². The monoisotopic (exact) mass is 300 g/mol. The number of hydrogen-bond donors (Lipinski definition) is 3. The molecule has 0 aliphatic carbocycles. The van der Waals surface area contributed by atoms with Gasteiger partial charge in [-0.2, -0.15) is 0 Å². The summed E-state index contributed by atoms with van der Waals surface area (Å²) in [5.41, 5.74) is 0. The molecule has 1 aliphatic heterocycles. The highest BCUT2D eigenvalue weighted by Gasteiger charge is 2.39. The highest BCUT2D eigenvalue weighted by molar-refractivity contribution is 7.83. The van der Waals surface area contributed by atoms with Gasteiger partial charge in [-0.05, 0) is 0 Å². The first kappa shape index (κ1) is 16.4. The fourth-order valence-electron chi connectivity index (χ4n) is 1.66. The first-order chi connectivity index (χ1) is 8.02. The normalized spacial score (nSPS) is 36.4. The predicted molar refractivity (Wildman–Crippen MR) is 67.6 cm³/mol. The lowest BCUT2D eigenvalue weighted by atomic mass is 9.86. The van der Waals surface area contributed by atoms with Crippen molar-refractivity contribution in [2.45, 2.75) is 25.1 Å². The minimum Gasteiger partial charge on any atom is -0.390 e. The van der Waals surface area contributed by atoms with Crippen molar-refractivity contribution in [2.24, 2.45) is 5.92 Å². The van der Waals surface area contributed by atoms with Crippen molar-refractivity contribution in [3.63, 3.8) is 0 Å². The molecule has 18 heavy (non-hydrogen) atoms. The number of aliphatic hydroxyl groups is 1. The summed E-state index contributed by atoms with van der Waals surface area (Å²) in [5, 5.41) is 9.77. The van der Waals surface area contributed by atoms with E-state index in [0.29, 0.717) is 0 Å². The van der Waals surface area contributed by atoms with Crippen LogP contribution in [0.1, 0.15) is 6.92 Å². The van der Waals surface area contributed by atoms with Gasteiger partial charge in [-0.1, -0.05) is 6.92 Å². The molecule has 2 unspecified atom stereocenters. The molecule has 0 spiro atoms. The topological polar surface area (TPSA) is 123 Å². The molecule has 0 saturated carbocycles. The molecule has 8 nitrogen and oxygen atoms in total. The summed E-state index contributed by atoms with van der Waals surface area (Å²) in [4.78, 5) is 17.1. The zero-order valence-corrected chi connectivity index (χ0v) is 12.1. The van der Waals surface area contributed by atoms with Crippen molar-refractivity contribution >= 4 is 30.7 Å². The summed E-state index contributed by atoms with van der Waals surface area (Å²) in [6.07, 6.45) is -1.47. The third kappa shape index (κ3) is 4.79. The SMILES string of the molecule is B[C@@H]1O[C@H](COP(B)(=O)OP(=O)(O)O)[C@@H](O)C1C. The lowest BCUT2D eigenvalue weighted by molar-refractivity contribution is 0.000557. The molecule has 0 radical (unpaired) electrons. The molecular weight excluding hydrogens is 284 g/mol. The van der Waals surface area contributed by atoms with Crippen LogP contribution in [0.25, 0.3) is 0 Å². The molecule has 1 aliphatic rings. The molecule has 0 amide bonds. The first-order valence-electron chi connectivity index (χ1n) is 5.34.